The van der Waals surface area contributed by atoms with E-state index in [9.17, 15) is 9.59 Å². The zero-order chi connectivity index (χ0) is 13.9. The Bertz CT molecular complexity index is 446. The normalized spacial score (nSPS) is 11.1. The van der Waals surface area contributed by atoms with Gasteiger partial charge >= 0.3 is 0 Å². The van der Waals surface area contributed by atoms with Crippen molar-refractivity contribution in [3.8, 4) is 0 Å². The lowest BCUT2D eigenvalue weighted by atomic mass is 10.0. The van der Waals surface area contributed by atoms with E-state index in [2.05, 4.69) is 0 Å². The van der Waals surface area contributed by atoms with Crippen molar-refractivity contribution in [1.29, 1.82) is 0 Å². The van der Waals surface area contributed by atoms with E-state index in [4.69, 9.17) is 11.5 Å². The van der Waals surface area contributed by atoms with E-state index in [0.29, 0.717) is 12.1 Å². The predicted octanol–water partition coefficient (Wildman–Crippen LogP) is 0.481. The molecule has 0 aliphatic carbocycles. The monoisotopic (exact) mass is 249 g/mol. The van der Waals surface area contributed by atoms with Crippen molar-refractivity contribution in [3.05, 3.63) is 35.4 Å². The molecule has 0 bridgehead atoms. The molecule has 0 heterocycles. The summed E-state index contributed by atoms with van der Waals surface area (Å²) in [6, 6.07) is 6.83. The van der Waals surface area contributed by atoms with Crippen molar-refractivity contribution in [2.75, 3.05) is 7.05 Å². The highest BCUT2D eigenvalue weighted by atomic mass is 16.2. The highest BCUT2D eigenvalue weighted by Crippen LogP contribution is 2.09. The molecule has 1 rings (SSSR count). The first kappa shape index (κ1) is 14.2. The predicted molar refractivity (Wildman–Crippen MR) is 69.7 cm³/mol. The smallest absolute Gasteiger partial charge is 0.248 e. The maximum absolute atomic E-state index is 11.9. The van der Waals surface area contributed by atoms with Crippen molar-refractivity contribution < 1.29 is 9.59 Å². The SMILES string of the molecule is CN(Cc1ccc(C(N)=O)cc1)C(=O)C(C)(C)N. The van der Waals surface area contributed by atoms with Gasteiger partial charge in [0, 0.05) is 19.2 Å². The van der Waals surface area contributed by atoms with E-state index in [0.717, 1.165) is 5.56 Å². The summed E-state index contributed by atoms with van der Waals surface area (Å²) in [7, 11) is 1.69. The molecule has 5 heteroatoms. The first-order valence-corrected chi connectivity index (χ1v) is 5.65. The fraction of sp³-hybridized carbons (Fsp3) is 0.385. The van der Waals surface area contributed by atoms with E-state index in [1.165, 1.54) is 0 Å². The third-order valence-electron chi connectivity index (χ3n) is 2.56. The number of benzene rings is 1. The van der Waals surface area contributed by atoms with E-state index < -0.39 is 11.4 Å². The van der Waals surface area contributed by atoms with Gasteiger partial charge in [-0.15, -0.1) is 0 Å². The standard InChI is InChI=1S/C13H19N3O2/c1-13(2,15)12(18)16(3)8-9-4-6-10(7-5-9)11(14)17/h4-7H,8,15H2,1-3H3,(H2,14,17). The van der Waals surface area contributed by atoms with E-state index in [-0.39, 0.29) is 5.91 Å². The lowest BCUT2D eigenvalue weighted by Gasteiger charge is -2.25. The molecule has 0 atom stereocenters. The zero-order valence-corrected chi connectivity index (χ0v) is 10.9. The van der Waals surface area contributed by atoms with E-state index in [1.54, 1.807) is 50.1 Å². The van der Waals surface area contributed by atoms with Crippen LogP contribution in [0.25, 0.3) is 0 Å². The Morgan fingerprint density at radius 1 is 1.22 bits per heavy atom. The molecule has 98 valence electrons. The molecule has 0 aliphatic heterocycles. The fourth-order valence-corrected chi connectivity index (χ4v) is 1.61. The Balaban J connectivity index is 2.74. The summed E-state index contributed by atoms with van der Waals surface area (Å²) in [6.45, 7) is 3.78. The van der Waals surface area contributed by atoms with Gasteiger partial charge in [0.25, 0.3) is 0 Å². The Morgan fingerprint density at radius 3 is 2.11 bits per heavy atom. The molecule has 0 spiro atoms. The summed E-state index contributed by atoms with van der Waals surface area (Å²) in [5, 5.41) is 0. The molecule has 18 heavy (non-hydrogen) atoms. The summed E-state index contributed by atoms with van der Waals surface area (Å²) in [4.78, 5) is 24.3. The second-order valence-electron chi connectivity index (χ2n) is 4.94. The van der Waals surface area contributed by atoms with E-state index in [1.807, 2.05) is 0 Å². The van der Waals surface area contributed by atoms with Crippen molar-refractivity contribution in [3.63, 3.8) is 0 Å². The third kappa shape index (κ3) is 3.56. The molecule has 0 aliphatic rings. The molecule has 0 saturated heterocycles. The highest BCUT2D eigenvalue weighted by Gasteiger charge is 2.25. The van der Waals surface area contributed by atoms with Crippen LogP contribution in [0.3, 0.4) is 0 Å². The van der Waals surface area contributed by atoms with Crippen LogP contribution in [0.2, 0.25) is 0 Å². The number of carbonyl (C=O) groups is 2. The Labute approximate surface area is 107 Å². The number of primary amides is 1. The first-order chi connectivity index (χ1) is 8.21. The number of nitrogens with zero attached hydrogens (tertiary/aromatic N) is 1. The minimum absolute atomic E-state index is 0.138. The van der Waals surface area contributed by atoms with Gasteiger partial charge in [0.15, 0.2) is 0 Å². The molecule has 0 saturated carbocycles. The average Bonchev–Trinajstić information content (AvgIpc) is 2.27. The molecule has 2 amide bonds. The molecule has 5 nitrogen and oxygen atoms in total. The Morgan fingerprint density at radius 2 is 1.72 bits per heavy atom. The maximum Gasteiger partial charge on any atom is 0.248 e. The van der Waals surface area contributed by atoms with Crippen LogP contribution in [0.4, 0.5) is 0 Å². The average molecular weight is 249 g/mol. The van der Waals surface area contributed by atoms with Crippen LogP contribution in [-0.4, -0.2) is 29.3 Å². The second kappa shape index (κ2) is 5.18. The van der Waals surface area contributed by atoms with Gasteiger partial charge in [-0.05, 0) is 31.5 Å². The van der Waals surface area contributed by atoms with Gasteiger partial charge in [-0.2, -0.15) is 0 Å². The second-order valence-corrected chi connectivity index (χ2v) is 4.94. The number of carbonyl (C=O) groups excluding carboxylic acids is 2. The highest BCUT2D eigenvalue weighted by molar-refractivity contribution is 5.92. The number of hydrogen-bond acceptors (Lipinski definition) is 3. The van der Waals surface area contributed by atoms with Crippen molar-refractivity contribution >= 4 is 11.8 Å². The van der Waals surface area contributed by atoms with E-state index >= 15 is 0 Å². The topological polar surface area (TPSA) is 89.4 Å². The number of nitrogens with two attached hydrogens (primary N) is 2. The number of amides is 2. The molecule has 0 radical (unpaired) electrons. The van der Waals surface area contributed by atoms with Gasteiger partial charge < -0.3 is 16.4 Å². The number of rotatable bonds is 4. The van der Waals surface area contributed by atoms with Crippen LogP contribution in [-0.2, 0) is 11.3 Å². The molecular weight excluding hydrogens is 230 g/mol. The quantitative estimate of drug-likeness (QED) is 0.813. The van der Waals surface area contributed by atoms with Crippen LogP contribution in [0.1, 0.15) is 29.8 Å². The zero-order valence-electron chi connectivity index (χ0n) is 10.9. The fourth-order valence-electron chi connectivity index (χ4n) is 1.61. The van der Waals surface area contributed by atoms with Gasteiger partial charge in [-0.1, -0.05) is 12.1 Å². The van der Waals surface area contributed by atoms with Gasteiger partial charge in [0.2, 0.25) is 11.8 Å². The van der Waals surface area contributed by atoms with Gasteiger partial charge in [0.1, 0.15) is 0 Å². The summed E-state index contributed by atoms with van der Waals surface area (Å²) in [5.41, 5.74) is 11.4. The summed E-state index contributed by atoms with van der Waals surface area (Å²) >= 11 is 0. The first-order valence-electron chi connectivity index (χ1n) is 5.65. The summed E-state index contributed by atoms with van der Waals surface area (Å²) < 4.78 is 0. The summed E-state index contributed by atoms with van der Waals surface area (Å²) in [6.07, 6.45) is 0. The molecule has 0 aromatic heterocycles. The van der Waals surface area contributed by atoms with Crippen LogP contribution in [0.5, 0.6) is 0 Å². The lowest BCUT2D eigenvalue weighted by molar-refractivity contribution is -0.135. The van der Waals surface area contributed by atoms with Crippen molar-refractivity contribution in [2.45, 2.75) is 25.9 Å². The van der Waals surface area contributed by atoms with Crippen LogP contribution < -0.4 is 11.5 Å². The van der Waals surface area contributed by atoms with Crippen molar-refractivity contribution in [1.82, 2.24) is 4.90 Å². The summed E-state index contributed by atoms with van der Waals surface area (Å²) in [5.74, 6) is -0.601. The minimum atomic E-state index is -0.887. The van der Waals surface area contributed by atoms with Gasteiger partial charge in [-0.25, -0.2) is 0 Å². The third-order valence-corrected chi connectivity index (χ3v) is 2.56. The molecule has 1 aromatic rings. The number of hydrogen-bond donors (Lipinski definition) is 2. The van der Waals surface area contributed by atoms with Crippen LogP contribution >= 0.6 is 0 Å². The largest absolute Gasteiger partial charge is 0.366 e. The molecule has 0 fully saturated rings. The maximum atomic E-state index is 11.9. The van der Waals surface area contributed by atoms with Crippen LogP contribution in [0, 0.1) is 0 Å². The van der Waals surface area contributed by atoms with Gasteiger partial charge in [-0.3, -0.25) is 9.59 Å². The molecule has 4 N–H and O–H groups in total. The Hall–Kier alpha value is -1.88. The Kier molecular flexibility index (Phi) is 4.08. The minimum Gasteiger partial charge on any atom is -0.366 e. The van der Waals surface area contributed by atoms with Crippen molar-refractivity contribution in [2.24, 2.45) is 11.5 Å². The molecule has 1 aromatic carbocycles. The molecular formula is C13H19N3O2. The number of likely N-dealkylation sites (N-methyl/N-ethyl adjacent to an activating group) is 1. The van der Waals surface area contributed by atoms with Crippen LogP contribution in [0.15, 0.2) is 24.3 Å². The van der Waals surface area contributed by atoms with Gasteiger partial charge in [0.05, 0.1) is 5.54 Å². The molecule has 0 unspecified atom stereocenters. The lowest BCUT2D eigenvalue weighted by Crippen LogP contribution is -2.49.